The predicted molar refractivity (Wildman–Crippen MR) is 118 cm³/mol. The van der Waals surface area contributed by atoms with Gasteiger partial charge in [-0.25, -0.2) is 9.97 Å². The van der Waals surface area contributed by atoms with E-state index in [0.717, 1.165) is 68.2 Å². The fourth-order valence-corrected chi connectivity index (χ4v) is 4.65. The van der Waals surface area contributed by atoms with Crippen LogP contribution in [0.5, 0.6) is 0 Å². The minimum Gasteiger partial charge on any atom is -0.376 e. The van der Waals surface area contributed by atoms with Gasteiger partial charge < -0.3 is 15.0 Å². The van der Waals surface area contributed by atoms with Gasteiger partial charge >= 0.3 is 6.18 Å². The van der Waals surface area contributed by atoms with Gasteiger partial charge in [0.2, 0.25) is 5.95 Å². The average molecular weight is 463 g/mol. The van der Waals surface area contributed by atoms with Crippen LogP contribution in [0.4, 0.5) is 19.1 Å². The van der Waals surface area contributed by atoms with Gasteiger partial charge in [-0.1, -0.05) is 6.07 Å². The molecular formula is C24H29F3N4O2. The highest BCUT2D eigenvalue weighted by Crippen LogP contribution is 2.41. The lowest BCUT2D eigenvalue weighted by molar-refractivity contribution is -0.137. The number of halogens is 3. The monoisotopic (exact) mass is 462 g/mol. The van der Waals surface area contributed by atoms with Crippen molar-refractivity contribution in [1.82, 2.24) is 15.3 Å². The number of anilines is 1. The molecule has 1 N–H and O–H groups in total. The van der Waals surface area contributed by atoms with Crippen molar-refractivity contribution < 1.29 is 22.7 Å². The van der Waals surface area contributed by atoms with Gasteiger partial charge in [0.25, 0.3) is 5.91 Å². The molecule has 1 spiro atoms. The summed E-state index contributed by atoms with van der Waals surface area (Å²) < 4.78 is 44.7. The Hall–Kier alpha value is -2.68. The van der Waals surface area contributed by atoms with Crippen molar-refractivity contribution in [3.05, 3.63) is 52.8 Å². The molecule has 1 atom stereocenters. The summed E-state index contributed by atoms with van der Waals surface area (Å²) in [6, 6.07) is 6.43. The number of hydrogen-bond acceptors (Lipinski definition) is 5. The zero-order chi connectivity index (χ0) is 23.6. The number of ether oxygens (including phenoxy) is 1. The lowest BCUT2D eigenvalue weighted by atomic mass is 9.73. The molecule has 9 heteroatoms. The topological polar surface area (TPSA) is 67.4 Å². The standard InChI is InChI=1S/C24H29F3N4O2/c1-16-12-17(2)30-22(29-16)31-10-8-23(9-11-31)7-6-20(33-15-23)14-28-21(32)18-4-3-5-19(13-18)24(25,26)27/h3-5,12-13,20H,6-11,14-15H2,1-2H3,(H,28,32)/t20-/m1/s1. The molecule has 2 aliphatic rings. The Labute approximate surface area is 191 Å². The molecule has 0 bridgehead atoms. The molecule has 33 heavy (non-hydrogen) atoms. The molecule has 6 nitrogen and oxygen atoms in total. The Kier molecular flexibility index (Phi) is 6.61. The van der Waals surface area contributed by atoms with Crippen LogP contribution in [0, 0.1) is 19.3 Å². The molecule has 2 fully saturated rings. The van der Waals surface area contributed by atoms with Crippen molar-refractivity contribution >= 4 is 11.9 Å². The summed E-state index contributed by atoms with van der Waals surface area (Å²) in [4.78, 5) is 23.7. The third kappa shape index (κ3) is 5.63. The van der Waals surface area contributed by atoms with E-state index in [4.69, 9.17) is 4.74 Å². The third-order valence-corrected chi connectivity index (χ3v) is 6.64. The van der Waals surface area contributed by atoms with Crippen LogP contribution in [0.3, 0.4) is 0 Å². The van der Waals surface area contributed by atoms with Crippen molar-refractivity contribution in [3.63, 3.8) is 0 Å². The van der Waals surface area contributed by atoms with E-state index in [1.54, 1.807) is 0 Å². The number of benzene rings is 1. The van der Waals surface area contributed by atoms with Crippen molar-refractivity contribution in [1.29, 1.82) is 0 Å². The quantitative estimate of drug-likeness (QED) is 0.734. The van der Waals surface area contributed by atoms with E-state index in [-0.39, 0.29) is 23.6 Å². The van der Waals surface area contributed by atoms with Crippen LogP contribution in [0.25, 0.3) is 0 Å². The van der Waals surface area contributed by atoms with Crippen molar-refractivity contribution in [3.8, 4) is 0 Å². The number of piperidine rings is 1. The van der Waals surface area contributed by atoms with Crippen LogP contribution in [-0.2, 0) is 10.9 Å². The molecule has 0 radical (unpaired) electrons. The molecule has 3 heterocycles. The molecule has 1 aromatic carbocycles. The zero-order valence-electron chi connectivity index (χ0n) is 18.9. The van der Waals surface area contributed by atoms with Gasteiger partial charge in [-0.2, -0.15) is 13.2 Å². The van der Waals surface area contributed by atoms with Gasteiger partial charge in [-0.05, 0) is 69.2 Å². The maximum atomic E-state index is 12.9. The first-order chi connectivity index (χ1) is 15.6. The normalized spacial score (nSPS) is 20.6. The van der Waals surface area contributed by atoms with E-state index in [1.165, 1.54) is 12.1 Å². The smallest absolute Gasteiger partial charge is 0.376 e. The van der Waals surface area contributed by atoms with Gasteiger partial charge in [0, 0.05) is 36.6 Å². The number of aryl methyl sites for hydroxylation is 2. The molecule has 2 aromatic rings. The highest BCUT2D eigenvalue weighted by Gasteiger charge is 2.39. The lowest BCUT2D eigenvalue weighted by Gasteiger charge is -2.45. The predicted octanol–water partition coefficient (Wildman–Crippen LogP) is 4.31. The highest BCUT2D eigenvalue weighted by molar-refractivity contribution is 5.94. The second-order valence-electron chi connectivity index (χ2n) is 9.20. The number of amides is 1. The van der Waals surface area contributed by atoms with Crippen molar-refractivity contribution in [2.24, 2.45) is 5.41 Å². The fourth-order valence-electron chi connectivity index (χ4n) is 4.65. The summed E-state index contributed by atoms with van der Waals surface area (Å²) in [6.45, 7) is 6.62. The number of alkyl halides is 3. The number of carbonyl (C=O) groups is 1. The third-order valence-electron chi connectivity index (χ3n) is 6.64. The molecule has 2 saturated heterocycles. The Balaban J connectivity index is 1.25. The fraction of sp³-hybridized carbons (Fsp3) is 0.542. The minimum atomic E-state index is -4.48. The highest BCUT2D eigenvalue weighted by atomic mass is 19.4. The second-order valence-corrected chi connectivity index (χ2v) is 9.20. The number of rotatable bonds is 4. The Bertz CT molecular complexity index is 973. The summed E-state index contributed by atoms with van der Waals surface area (Å²) in [6.07, 6.45) is -0.816. The Morgan fingerprint density at radius 2 is 1.85 bits per heavy atom. The first-order valence-electron chi connectivity index (χ1n) is 11.3. The number of carbonyl (C=O) groups excluding carboxylic acids is 1. The first-order valence-corrected chi connectivity index (χ1v) is 11.3. The number of nitrogens with one attached hydrogen (secondary N) is 1. The molecular weight excluding hydrogens is 433 g/mol. The van der Waals surface area contributed by atoms with Crippen LogP contribution in [0.15, 0.2) is 30.3 Å². The SMILES string of the molecule is Cc1cc(C)nc(N2CCC3(CC[C@H](CNC(=O)c4cccc(C(F)(F)F)c4)OC3)CC2)n1. The van der Waals surface area contributed by atoms with E-state index in [2.05, 4.69) is 20.2 Å². The van der Waals surface area contributed by atoms with Crippen LogP contribution in [-0.4, -0.2) is 48.2 Å². The van der Waals surface area contributed by atoms with Crippen molar-refractivity contribution in [2.45, 2.75) is 51.8 Å². The van der Waals surface area contributed by atoms with Gasteiger partial charge in [-0.3, -0.25) is 4.79 Å². The van der Waals surface area contributed by atoms with Gasteiger partial charge in [0.1, 0.15) is 0 Å². The summed E-state index contributed by atoms with van der Waals surface area (Å²) >= 11 is 0. The summed E-state index contributed by atoms with van der Waals surface area (Å²) in [5.74, 6) is 0.265. The number of aromatic nitrogens is 2. The Morgan fingerprint density at radius 1 is 1.15 bits per heavy atom. The molecule has 0 unspecified atom stereocenters. The lowest BCUT2D eigenvalue weighted by Crippen LogP contribution is -2.48. The average Bonchev–Trinajstić information content (AvgIpc) is 2.78. The van der Waals surface area contributed by atoms with Crippen LogP contribution in [0.1, 0.15) is 53.0 Å². The van der Waals surface area contributed by atoms with Gasteiger partial charge in [-0.15, -0.1) is 0 Å². The molecule has 178 valence electrons. The summed E-state index contributed by atoms with van der Waals surface area (Å²) in [5, 5.41) is 2.72. The van der Waals surface area contributed by atoms with Gasteiger partial charge in [0.05, 0.1) is 18.3 Å². The maximum absolute atomic E-state index is 12.9. The zero-order valence-corrected chi connectivity index (χ0v) is 18.9. The summed E-state index contributed by atoms with van der Waals surface area (Å²) in [7, 11) is 0. The molecule has 1 amide bonds. The van der Waals surface area contributed by atoms with E-state index < -0.39 is 17.6 Å². The molecule has 0 saturated carbocycles. The van der Waals surface area contributed by atoms with Gasteiger partial charge in [0.15, 0.2) is 0 Å². The van der Waals surface area contributed by atoms with E-state index in [0.29, 0.717) is 6.61 Å². The van der Waals surface area contributed by atoms with E-state index in [9.17, 15) is 18.0 Å². The Morgan fingerprint density at radius 3 is 2.45 bits per heavy atom. The van der Waals surface area contributed by atoms with Crippen LogP contribution < -0.4 is 10.2 Å². The molecule has 0 aliphatic carbocycles. The number of hydrogen-bond donors (Lipinski definition) is 1. The second kappa shape index (κ2) is 9.29. The molecule has 4 rings (SSSR count). The maximum Gasteiger partial charge on any atom is 0.416 e. The van der Waals surface area contributed by atoms with Crippen LogP contribution in [0.2, 0.25) is 0 Å². The van der Waals surface area contributed by atoms with E-state index in [1.807, 2.05) is 19.9 Å². The minimum absolute atomic E-state index is 0.00178. The van der Waals surface area contributed by atoms with E-state index >= 15 is 0 Å². The molecule has 2 aliphatic heterocycles. The van der Waals surface area contributed by atoms with Crippen molar-refractivity contribution in [2.75, 3.05) is 31.1 Å². The summed E-state index contributed by atoms with van der Waals surface area (Å²) in [5.41, 5.74) is 1.22. The first kappa shape index (κ1) is 23.5. The number of nitrogens with zero attached hydrogens (tertiary/aromatic N) is 3. The van der Waals surface area contributed by atoms with Crippen LogP contribution >= 0.6 is 0 Å². The molecule has 1 aromatic heterocycles. The largest absolute Gasteiger partial charge is 0.416 e.